The fourth-order valence-electron chi connectivity index (χ4n) is 2.16. The second-order valence-corrected chi connectivity index (χ2v) is 6.90. The van der Waals surface area contributed by atoms with E-state index in [9.17, 15) is 0 Å². The summed E-state index contributed by atoms with van der Waals surface area (Å²) in [5.74, 6) is 0. The van der Waals surface area contributed by atoms with E-state index in [1.807, 2.05) is 0 Å². The van der Waals surface area contributed by atoms with E-state index in [0.717, 1.165) is 10.5 Å². The minimum Gasteiger partial charge on any atom is -0.331 e. The van der Waals surface area contributed by atoms with Crippen LogP contribution in [0.2, 0.25) is 0 Å². The quantitative estimate of drug-likeness (QED) is 0.402. The summed E-state index contributed by atoms with van der Waals surface area (Å²) in [7, 11) is 9.12. The molecule has 0 aliphatic rings. The highest BCUT2D eigenvalue weighted by atomic mass is 15.3. The largest absolute Gasteiger partial charge is 0.331 e. The molecular formula is C16H37N2+. The first-order chi connectivity index (χ1) is 8.37. The molecule has 0 aromatic rings. The maximum atomic E-state index is 2.54. The lowest BCUT2D eigenvalue weighted by Gasteiger charge is -2.29. The van der Waals surface area contributed by atoms with Gasteiger partial charge < -0.3 is 9.38 Å². The zero-order valence-electron chi connectivity index (χ0n) is 13.8. The van der Waals surface area contributed by atoms with Crippen molar-refractivity contribution >= 4 is 0 Å². The number of hydrogen-bond donors (Lipinski definition) is 0. The van der Waals surface area contributed by atoms with Crippen molar-refractivity contribution in [2.24, 2.45) is 0 Å². The summed E-state index contributed by atoms with van der Waals surface area (Å²) in [6.45, 7) is 7.18. The molecule has 0 saturated carbocycles. The third-order valence-corrected chi connectivity index (χ3v) is 3.83. The van der Waals surface area contributed by atoms with Crippen LogP contribution in [-0.2, 0) is 0 Å². The Morgan fingerprint density at radius 1 is 0.944 bits per heavy atom. The molecule has 0 fully saturated rings. The predicted octanol–water partition coefficient (Wildman–Crippen LogP) is 3.76. The number of rotatable bonds is 11. The van der Waals surface area contributed by atoms with Crippen LogP contribution in [0.1, 0.15) is 58.8 Å². The van der Waals surface area contributed by atoms with Crippen LogP contribution in [0.3, 0.4) is 0 Å². The predicted molar refractivity (Wildman–Crippen MR) is 83.0 cm³/mol. The highest BCUT2D eigenvalue weighted by Crippen LogP contribution is 2.09. The molecule has 0 aliphatic heterocycles. The van der Waals surface area contributed by atoms with Crippen LogP contribution < -0.4 is 0 Å². The average Bonchev–Trinajstić information content (AvgIpc) is 2.29. The second kappa shape index (κ2) is 9.80. The van der Waals surface area contributed by atoms with Gasteiger partial charge in [-0.15, -0.1) is 0 Å². The summed E-state index contributed by atoms with van der Waals surface area (Å²) in [4.78, 5) is 2.54. The van der Waals surface area contributed by atoms with Gasteiger partial charge >= 0.3 is 0 Å². The summed E-state index contributed by atoms with van der Waals surface area (Å²) in [6.07, 6.45) is 9.70. The summed E-state index contributed by atoms with van der Waals surface area (Å²) in [5, 5.41) is 0. The highest BCUT2D eigenvalue weighted by molar-refractivity contribution is 4.63. The van der Waals surface area contributed by atoms with Gasteiger partial charge in [0.05, 0.1) is 27.7 Å². The maximum Gasteiger partial charge on any atom is 0.0795 e. The summed E-state index contributed by atoms with van der Waals surface area (Å²) >= 11 is 0. The third-order valence-electron chi connectivity index (χ3n) is 3.83. The van der Waals surface area contributed by atoms with Crippen molar-refractivity contribution in [3.05, 3.63) is 0 Å². The van der Waals surface area contributed by atoms with Gasteiger partial charge in [0, 0.05) is 12.5 Å². The van der Waals surface area contributed by atoms with Gasteiger partial charge in [-0.1, -0.05) is 39.0 Å². The van der Waals surface area contributed by atoms with Crippen molar-refractivity contribution in [2.45, 2.75) is 64.8 Å². The van der Waals surface area contributed by atoms with Crippen molar-refractivity contribution < 1.29 is 4.48 Å². The van der Waals surface area contributed by atoms with Gasteiger partial charge in [-0.25, -0.2) is 0 Å². The molecule has 110 valence electrons. The number of hydrogen-bond acceptors (Lipinski definition) is 1. The van der Waals surface area contributed by atoms with Crippen molar-refractivity contribution in [2.75, 3.05) is 41.3 Å². The molecule has 0 aliphatic carbocycles. The van der Waals surface area contributed by atoms with E-state index >= 15 is 0 Å². The minimum atomic E-state index is 0.720. The standard InChI is InChI=1S/C16H37N2/c1-7-8-9-10-11-12-14-17(3)16(2)13-15-18(4,5)6/h16H,7-15H2,1-6H3/q+1. The fourth-order valence-corrected chi connectivity index (χ4v) is 2.16. The van der Waals surface area contributed by atoms with Crippen LogP contribution in [-0.4, -0.2) is 56.7 Å². The molecule has 1 unspecified atom stereocenters. The molecule has 0 saturated heterocycles. The van der Waals surface area contributed by atoms with Gasteiger partial charge in [0.1, 0.15) is 0 Å². The molecule has 0 aromatic heterocycles. The van der Waals surface area contributed by atoms with Crippen molar-refractivity contribution in [3.63, 3.8) is 0 Å². The molecular weight excluding hydrogens is 220 g/mol. The van der Waals surface area contributed by atoms with Gasteiger partial charge in [-0.3, -0.25) is 0 Å². The number of unbranched alkanes of at least 4 members (excludes halogenated alkanes) is 5. The lowest BCUT2D eigenvalue weighted by atomic mass is 10.1. The van der Waals surface area contributed by atoms with Gasteiger partial charge in [0.15, 0.2) is 0 Å². The monoisotopic (exact) mass is 257 g/mol. The van der Waals surface area contributed by atoms with E-state index in [1.165, 1.54) is 58.0 Å². The third kappa shape index (κ3) is 11.0. The van der Waals surface area contributed by atoms with Crippen LogP contribution >= 0.6 is 0 Å². The topological polar surface area (TPSA) is 3.24 Å². The first kappa shape index (κ1) is 17.9. The Morgan fingerprint density at radius 3 is 2.06 bits per heavy atom. The van der Waals surface area contributed by atoms with Crippen molar-refractivity contribution in [1.82, 2.24) is 4.90 Å². The summed E-state index contributed by atoms with van der Waals surface area (Å²) in [5.41, 5.74) is 0. The SMILES string of the molecule is CCCCCCCCN(C)C(C)CC[N+](C)(C)C. The number of nitrogens with zero attached hydrogens (tertiary/aromatic N) is 2. The Labute approximate surface area is 116 Å². The fraction of sp³-hybridized carbons (Fsp3) is 1.00. The smallest absolute Gasteiger partial charge is 0.0795 e. The molecule has 0 heterocycles. The van der Waals surface area contributed by atoms with Crippen LogP contribution in [0.25, 0.3) is 0 Å². The van der Waals surface area contributed by atoms with E-state index in [0.29, 0.717) is 0 Å². The van der Waals surface area contributed by atoms with E-state index < -0.39 is 0 Å². The Balaban J connectivity index is 3.53. The lowest BCUT2D eigenvalue weighted by Crippen LogP contribution is -2.40. The van der Waals surface area contributed by atoms with Crippen LogP contribution in [0.15, 0.2) is 0 Å². The van der Waals surface area contributed by atoms with Gasteiger partial charge in [-0.2, -0.15) is 0 Å². The van der Waals surface area contributed by atoms with E-state index in [1.54, 1.807) is 0 Å². The van der Waals surface area contributed by atoms with Gasteiger partial charge in [0.25, 0.3) is 0 Å². The molecule has 0 rings (SSSR count). The summed E-state index contributed by atoms with van der Waals surface area (Å²) in [6, 6.07) is 0.720. The molecule has 0 N–H and O–H groups in total. The Hall–Kier alpha value is -0.0800. The Morgan fingerprint density at radius 2 is 1.50 bits per heavy atom. The van der Waals surface area contributed by atoms with Crippen LogP contribution in [0.4, 0.5) is 0 Å². The van der Waals surface area contributed by atoms with Crippen molar-refractivity contribution in [3.8, 4) is 0 Å². The van der Waals surface area contributed by atoms with E-state index in [2.05, 4.69) is 46.9 Å². The van der Waals surface area contributed by atoms with Gasteiger partial charge in [0.2, 0.25) is 0 Å². The molecule has 0 bridgehead atoms. The number of quaternary nitrogens is 1. The molecule has 18 heavy (non-hydrogen) atoms. The zero-order valence-corrected chi connectivity index (χ0v) is 13.8. The van der Waals surface area contributed by atoms with Gasteiger partial charge in [-0.05, 0) is 26.9 Å². The summed E-state index contributed by atoms with van der Waals surface area (Å²) < 4.78 is 1.08. The van der Waals surface area contributed by atoms with Crippen LogP contribution in [0, 0.1) is 0 Å². The van der Waals surface area contributed by atoms with Crippen molar-refractivity contribution in [1.29, 1.82) is 0 Å². The van der Waals surface area contributed by atoms with Crippen LogP contribution in [0.5, 0.6) is 0 Å². The van der Waals surface area contributed by atoms with E-state index in [-0.39, 0.29) is 0 Å². The maximum absolute atomic E-state index is 2.54. The average molecular weight is 257 g/mol. The molecule has 2 nitrogen and oxygen atoms in total. The molecule has 0 amide bonds. The normalized spacial score (nSPS) is 14.2. The molecule has 0 aromatic carbocycles. The minimum absolute atomic E-state index is 0.720. The Kier molecular flexibility index (Phi) is 9.76. The molecule has 2 heteroatoms. The highest BCUT2D eigenvalue weighted by Gasteiger charge is 2.13. The van der Waals surface area contributed by atoms with E-state index in [4.69, 9.17) is 0 Å². The molecule has 0 spiro atoms. The molecule has 1 atom stereocenters. The zero-order chi connectivity index (χ0) is 14.0. The lowest BCUT2D eigenvalue weighted by molar-refractivity contribution is -0.870. The first-order valence-electron chi connectivity index (χ1n) is 7.87. The Bertz CT molecular complexity index is 184. The second-order valence-electron chi connectivity index (χ2n) is 6.90. The molecule has 0 radical (unpaired) electrons. The first-order valence-corrected chi connectivity index (χ1v) is 7.87.